The number of rotatable bonds is 3. The molecule has 92 valence electrons. The van der Waals surface area contributed by atoms with Crippen molar-refractivity contribution >= 4 is 21.7 Å². The quantitative estimate of drug-likeness (QED) is 0.856. The molecule has 2 rings (SSSR count). The first-order valence-electron chi connectivity index (χ1n) is 5.68. The fourth-order valence-corrected chi connectivity index (χ4v) is 2.41. The van der Waals surface area contributed by atoms with E-state index in [4.69, 9.17) is 4.74 Å². The molecule has 0 saturated carbocycles. The summed E-state index contributed by atoms with van der Waals surface area (Å²) in [5.41, 5.74) is 0.679. The molecule has 1 aliphatic heterocycles. The number of ketones is 1. The molecule has 1 aromatic carbocycles. The van der Waals surface area contributed by atoms with E-state index < -0.39 is 0 Å². The Morgan fingerprint density at radius 3 is 2.94 bits per heavy atom. The van der Waals surface area contributed by atoms with Gasteiger partial charge in [0.15, 0.2) is 5.78 Å². The van der Waals surface area contributed by atoms with Crippen molar-refractivity contribution in [2.24, 2.45) is 0 Å². The van der Waals surface area contributed by atoms with Crippen LogP contribution in [-0.4, -0.2) is 18.0 Å². The Kier molecular flexibility index (Phi) is 3.94. The highest BCUT2D eigenvalue weighted by Gasteiger charge is 2.28. The van der Waals surface area contributed by atoms with Crippen LogP contribution in [0.1, 0.15) is 25.3 Å². The van der Waals surface area contributed by atoms with Crippen LogP contribution >= 0.6 is 15.9 Å². The van der Waals surface area contributed by atoms with Crippen LogP contribution in [0.2, 0.25) is 0 Å². The molecule has 17 heavy (non-hydrogen) atoms. The Labute approximate surface area is 108 Å². The van der Waals surface area contributed by atoms with Gasteiger partial charge in [0.05, 0.1) is 6.10 Å². The van der Waals surface area contributed by atoms with E-state index in [0.29, 0.717) is 5.56 Å². The summed E-state index contributed by atoms with van der Waals surface area (Å²) in [7, 11) is 0. The Morgan fingerprint density at radius 1 is 1.53 bits per heavy atom. The third kappa shape index (κ3) is 3.13. The third-order valence-corrected chi connectivity index (χ3v) is 3.74. The van der Waals surface area contributed by atoms with Gasteiger partial charge >= 0.3 is 0 Å². The first-order chi connectivity index (χ1) is 8.06. The molecule has 2 atom stereocenters. The van der Waals surface area contributed by atoms with E-state index in [9.17, 15) is 9.18 Å². The van der Waals surface area contributed by atoms with Crippen LogP contribution in [-0.2, 0) is 16.0 Å². The minimum atomic E-state index is -0.322. The lowest BCUT2D eigenvalue weighted by Gasteiger charge is -2.10. The van der Waals surface area contributed by atoms with Crippen molar-refractivity contribution in [3.63, 3.8) is 0 Å². The smallest absolute Gasteiger partial charge is 0.165 e. The summed E-state index contributed by atoms with van der Waals surface area (Å²) in [6.07, 6.45) is 1.74. The van der Waals surface area contributed by atoms with Gasteiger partial charge in [-0.25, -0.2) is 4.39 Å². The minimum Gasteiger partial charge on any atom is -0.367 e. The maximum atomic E-state index is 13.1. The predicted octanol–water partition coefficient (Wildman–Crippen LogP) is 3.27. The van der Waals surface area contributed by atoms with Crippen LogP contribution in [0.4, 0.5) is 4.39 Å². The van der Waals surface area contributed by atoms with E-state index in [1.807, 2.05) is 6.92 Å². The van der Waals surface area contributed by atoms with E-state index in [1.54, 1.807) is 6.07 Å². The zero-order valence-corrected chi connectivity index (χ0v) is 11.2. The van der Waals surface area contributed by atoms with Gasteiger partial charge < -0.3 is 4.74 Å². The molecule has 2 nitrogen and oxygen atoms in total. The van der Waals surface area contributed by atoms with Crippen LogP contribution in [0.3, 0.4) is 0 Å². The van der Waals surface area contributed by atoms with Gasteiger partial charge in [-0.2, -0.15) is 0 Å². The van der Waals surface area contributed by atoms with Gasteiger partial charge in [0.2, 0.25) is 0 Å². The van der Waals surface area contributed by atoms with Crippen LogP contribution < -0.4 is 0 Å². The standard InChI is InChI=1S/C13H14BrFO2/c1-8-2-5-13(17-8)12(16)7-9-6-10(15)3-4-11(9)14/h3-4,6,8,13H,2,5,7H2,1H3. The fraction of sp³-hybridized carbons (Fsp3) is 0.462. The average molecular weight is 301 g/mol. The first kappa shape index (κ1) is 12.7. The molecule has 1 heterocycles. The molecule has 0 spiro atoms. The van der Waals surface area contributed by atoms with Crippen LogP contribution in [0, 0.1) is 5.82 Å². The first-order valence-corrected chi connectivity index (χ1v) is 6.47. The number of hydrogen-bond acceptors (Lipinski definition) is 2. The van der Waals surface area contributed by atoms with Gasteiger partial charge in [-0.05, 0) is 43.5 Å². The molecule has 0 N–H and O–H groups in total. The molecule has 1 aromatic rings. The lowest BCUT2D eigenvalue weighted by Crippen LogP contribution is -2.22. The SMILES string of the molecule is CC1CCC(C(=O)Cc2cc(F)ccc2Br)O1. The minimum absolute atomic E-state index is 0.0284. The number of halogens is 2. The van der Waals surface area contributed by atoms with E-state index in [2.05, 4.69) is 15.9 Å². The van der Waals surface area contributed by atoms with Crippen molar-refractivity contribution in [3.8, 4) is 0 Å². The fourth-order valence-electron chi connectivity index (χ4n) is 2.02. The second kappa shape index (κ2) is 5.27. The van der Waals surface area contributed by atoms with Crippen molar-refractivity contribution in [2.45, 2.75) is 38.4 Å². The van der Waals surface area contributed by atoms with Gasteiger partial charge in [0, 0.05) is 10.9 Å². The molecule has 0 bridgehead atoms. The molecule has 4 heteroatoms. The van der Waals surface area contributed by atoms with Crippen molar-refractivity contribution in [1.29, 1.82) is 0 Å². The second-order valence-corrected chi connectivity index (χ2v) is 5.25. The zero-order chi connectivity index (χ0) is 12.4. The van der Waals surface area contributed by atoms with Crippen molar-refractivity contribution in [3.05, 3.63) is 34.1 Å². The summed E-state index contributed by atoms with van der Waals surface area (Å²) in [4.78, 5) is 12.0. The summed E-state index contributed by atoms with van der Waals surface area (Å²) in [6, 6.07) is 4.38. The highest BCUT2D eigenvalue weighted by Crippen LogP contribution is 2.23. The van der Waals surface area contributed by atoms with Crippen LogP contribution in [0.5, 0.6) is 0 Å². The molecule has 0 aliphatic carbocycles. The second-order valence-electron chi connectivity index (χ2n) is 4.39. The summed E-state index contributed by atoms with van der Waals surface area (Å²) >= 11 is 3.32. The molecule has 0 amide bonds. The monoisotopic (exact) mass is 300 g/mol. The summed E-state index contributed by atoms with van der Waals surface area (Å²) < 4.78 is 19.3. The topological polar surface area (TPSA) is 26.3 Å². The Hall–Kier alpha value is -0.740. The van der Waals surface area contributed by atoms with Gasteiger partial charge in [0.25, 0.3) is 0 Å². The summed E-state index contributed by atoms with van der Waals surface area (Å²) in [6.45, 7) is 1.96. The lowest BCUT2D eigenvalue weighted by atomic mass is 10.0. The Bertz CT molecular complexity index is 433. The molecule has 1 fully saturated rings. The van der Waals surface area contributed by atoms with Gasteiger partial charge in [-0.3, -0.25) is 4.79 Å². The van der Waals surface area contributed by atoms with Crippen molar-refractivity contribution in [1.82, 2.24) is 0 Å². The van der Waals surface area contributed by atoms with E-state index in [0.717, 1.165) is 17.3 Å². The normalized spacial score (nSPS) is 23.9. The van der Waals surface area contributed by atoms with Gasteiger partial charge in [-0.1, -0.05) is 15.9 Å². The molecule has 1 aliphatic rings. The highest BCUT2D eigenvalue weighted by molar-refractivity contribution is 9.10. The predicted molar refractivity (Wildman–Crippen MR) is 66.4 cm³/mol. The zero-order valence-electron chi connectivity index (χ0n) is 9.58. The summed E-state index contributed by atoms with van der Waals surface area (Å²) in [5.74, 6) is -0.294. The van der Waals surface area contributed by atoms with Crippen molar-refractivity contribution < 1.29 is 13.9 Å². The number of carbonyl (C=O) groups excluding carboxylic acids is 1. The number of ether oxygens (including phenoxy) is 1. The third-order valence-electron chi connectivity index (χ3n) is 2.96. The van der Waals surface area contributed by atoms with E-state index >= 15 is 0 Å². The Balaban J connectivity index is 2.05. The number of benzene rings is 1. The number of hydrogen-bond donors (Lipinski definition) is 0. The average Bonchev–Trinajstić information content (AvgIpc) is 2.70. The van der Waals surface area contributed by atoms with Gasteiger partial charge in [-0.15, -0.1) is 0 Å². The van der Waals surface area contributed by atoms with E-state index in [1.165, 1.54) is 12.1 Å². The Morgan fingerprint density at radius 2 is 2.29 bits per heavy atom. The molecule has 1 saturated heterocycles. The van der Waals surface area contributed by atoms with Gasteiger partial charge in [0.1, 0.15) is 11.9 Å². The molecule has 2 unspecified atom stereocenters. The molecule has 0 aromatic heterocycles. The lowest BCUT2D eigenvalue weighted by molar-refractivity contribution is -0.128. The van der Waals surface area contributed by atoms with Crippen LogP contribution in [0.25, 0.3) is 0 Å². The maximum absolute atomic E-state index is 13.1. The highest BCUT2D eigenvalue weighted by atomic mass is 79.9. The molecule has 0 radical (unpaired) electrons. The molecular weight excluding hydrogens is 287 g/mol. The molecular formula is C13H14BrFO2. The van der Waals surface area contributed by atoms with E-state index in [-0.39, 0.29) is 30.2 Å². The number of carbonyl (C=O) groups is 1. The van der Waals surface area contributed by atoms with Crippen LogP contribution in [0.15, 0.2) is 22.7 Å². The maximum Gasteiger partial charge on any atom is 0.165 e. The number of Topliss-reactive ketones (excluding diaryl/α,β-unsaturated/α-hetero) is 1. The largest absolute Gasteiger partial charge is 0.367 e. The summed E-state index contributed by atoms with van der Waals surface area (Å²) in [5, 5.41) is 0. The van der Waals surface area contributed by atoms with Crippen molar-refractivity contribution in [2.75, 3.05) is 0 Å².